The maximum atomic E-state index is 10.3. The van der Waals surface area contributed by atoms with Crippen molar-refractivity contribution in [3.63, 3.8) is 0 Å². The summed E-state index contributed by atoms with van der Waals surface area (Å²) in [6.07, 6.45) is 0.832. The first-order valence-corrected chi connectivity index (χ1v) is 4.03. The lowest BCUT2D eigenvalue weighted by atomic mass is 10.2. The van der Waals surface area contributed by atoms with Crippen molar-refractivity contribution in [1.82, 2.24) is 4.37 Å². The number of carbonyl (C=O) groups is 1. The second kappa shape index (κ2) is 2.43. The van der Waals surface area contributed by atoms with Crippen molar-refractivity contribution in [2.24, 2.45) is 0 Å². The Morgan fingerprint density at radius 1 is 1.45 bits per heavy atom. The van der Waals surface area contributed by atoms with E-state index in [1.807, 2.05) is 11.4 Å². The molecule has 2 nitrogen and oxygen atoms in total. The fourth-order valence-electron chi connectivity index (χ4n) is 0.953. The first-order valence-electron chi connectivity index (χ1n) is 3.19. The third-order valence-electron chi connectivity index (χ3n) is 1.52. The van der Waals surface area contributed by atoms with Crippen LogP contribution in [-0.4, -0.2) is 10.7 Å². The van der Waals surface area contributed by atoms with Gasteiger partial charge in [-0.25, -0.2) is 0 Å². The van der Waals surface area contributed by atoms with Gasteiger partial charge in [-0.05, 0) is 17.6 Å². The normalized spacial score (nSPS) is 10.2. The molecule has 0 amide bonds. The van der Waals surface area contributed by atoms with E-state index in [4.69, 9.17) is 0 Å². The molecule has 11 heavy (non-hydrogen) atoms. The maximum Gasteiger partial charge on any atom is 0.150 e. The van der Waals surface area contributed by atoms with Gasteiger partial charge < -0.3 is 0 Å². The molecule has 54 valence electrons. The zero-order valence-electron chi connectivity index (χ0n) is 5.65. The molecule has 0 saturated heterocycles. The number of carbonyl (C=O) groups excluding carboxylic acids is 1. The first kappa shape index (κ1) is 6.49. The van der Waals surface area contributed by atoms with Crippen LogP contribution in [0.3, 0.4) is 0 Å². The Labute approximate surface area is 67.6 Å². The average Bonchev–Trinajstić information content (AvgIpc) is 2.50. The van der Waals surface area contributed by atoms with Crippen molar-refractivity contribution in [1.29, 1.82) is 0 Å². The number of fused-ring (bicyclic) bond motifs is 1. The van der Waals surface area contributed by atoms with Crippen LogP contribution >= 0.6 is 11.5 Å². The van der Waals surface area contributed by atoms with Crippen LogP contribution in [0.2, 0.25) is 0 Å². The summed E-state index contributed by atoms with van der Waals surface area (Å²) in [6, 6.07) is 5.49. The summed E-state index contributed by atoms with van der Waals surface area (Å²) in [4.78, 5) is 10.3. The van der Waals surface area contributed by atoms with Gasteiger partial charge in [-0.3, -0.25) is 4.79 Å². The highest BCUT2D eigenvalue weighted by Gasteiger charge is 1.96. The van der Waals surface area contributed by atoms with Crippen molar-refractivity contribution >= 4 is 28.7 Å². The van der Waals surface area contributed by atoms with E-state index in [9.17, 15) is 4.79 Å². The first-order chi connectivity index (χ1) is 5.40. The number of aromatic nitrogens is 1. The molecule has 0 fully saturated rings. The third-order valence-corrected chi connectivity index (χ3v) is 2.18. The minimum atomic E-state index is 0.684. The van der Waals surface area contributed by atoms with E-state index >= 15 is 0 Å². The highest BCUT2D eigenvalue weighted by Crippen LogP contribution is 2.15. The van der Waals surface area contributed by atoms with Gasteiger partial charge in [0.05, 0.1) is 5.52 Å². The Kier molecular flexibility index (Phi) is 1.43. The highest BCUT2D eigenvalue weighted by atomic mass is 32.1. The molecule has 0 radical (unpaired) electrons. The van der Waals surface area contributed by atoms with Crippen molar-refractivity contribution < 1.29 is 4.79 Å². The number of hydrogen-bond donors (Lipinski definition) is 0. The van der Waals surface area contributed by atoms with Crippen molar-refractivity contribution in [3.8, 4) is 0 Å². The lowest BCUT2D eigenvalue weighted by molar-refractivity contribution is 0.112. The summed E-state index contributed by atoms with van der Waals surface area (Å²) >= 11 is 1.41. The van der Waals surface area contributed by atoms with Crippen molar-refractivity contribution in [2.75, 3.05) is 0 Å². The Bertz CT molecular complexity index is 394. The predicted molar refractivity (Wildman–Crippen MR) is 45.0 cm³/mol. The second-order valence-electron chi connectivity index (χ2n) is 2.25. The molecule has 0 saturated carbocycles. The molecule has 0 unspecified atom stereocenters. The van der Waals surface area contributed by atoms with Crippen LogP contribution in [0.5, 0.6) is 0 Å². The van der Waals surface area contributed by atoms with Crippen LogP contribution in [0.15, 0.2) is 23.6 Å². The Morgan fingerprint density at radius 2 is 2.36 bits per heavy atom. The molecule has 0 aliphatic carbocycles. The standard InChI is InChI=1S/C8H5NOS/c10-4-6-1-2-7-5-11-9-8(7)3-6/h1-5H. The molecule has 0 bridgehead atoms. The monoisotopic (exact) mass is 163 g/mol. The van der Waals surface area contributed by atoms with Gasteiger partial charge in [-0.15, -0.1) is 0 Å². The minimum absolute atomic E-state index is 0.684. The quantitative estimate of drug-likeness (QED) is 0.602. The molecule has 0 aliphatic rings. The molecule has 0 N–H and O–H groups in total. The molecule has 1 heterocycles. The SMILES string of the molecule is O=Cc1ccc2csnc2c1. The fraction of sp³-hybridized carbons (Fsp3) is 0. The number of hydrogen-bond acceptors (Lipinski definition) is 3. The molecule has 0 aliphatic heterocycles. The summed E-state index contributed by atoms with van der Waals surface area (Å²) in [7, 11) is 0. The van der Waals surface area contributed by atoms with Crippen LogP contribution in [0.1, 0.15) is 10.4 Å². The molecular weight excluding hydrogens is 158 g/mol. The third kappa shape index (κ3) is 1.03. The van der Waals surface area contributed by atoms with Crippen LogP contribution in [0.25, 0.3) is 10.9 Å². The second-order valence-corrected chi connectivity index (χ2v) is 2.88. The Balaban J connectivity index is 2.76. The largest absolute Gasteiger partial charge is 0.298 e. The zero-order chi connectivity index (χ0) is 7.68. The van der Waals surface area contributed by atoms with Gasteiger partial charge in [0.25, 0.3) is 0 Å². The molecule has 1 aromatic carbocycles. The van der Waals surface area contributed by atoms with E-state index in [1.54, 1.807) is 12.1 Å². The van der Waals surface area contributed by atoms with E-state index in [0.29, 0.717) is 5.56 Å². The molecule has 2 rings (SSSR count). The van der Waals surface area contributed by atoms with E-state index in [1.165, 1.54) is 11.5 Å². The van der Waals surface area contributed by atoms with Gasteiger partial charge in [-0.1, -0.05) is 12.1 Å². The van der Waals surface area contributed by atoms with Gasteiger partial charge in [0, 0.05) is 16.3 Å². The number of aldehydes is 1. The molecule has 0 spiro atoms. The summed E-state index contributed by atoms with van der Waals surface area (Å²) in [6.45, 7) is 0. The van der Waals surface area contributed by atoms with Crippen LogP contribution in [0.4, 0.5) is 0 Å². The number of rotatable bonds is 1. The average molecular weight is 163 g/mol. The number of benzene rings is 1. The topological polar surface area (TPSA) is 30.0 Å². The summed E-state index contributed by atoms with van der Waals surface area (Å²) in [5, 5.41) is 3.06. The smallest absolute Gasteiger partial charge is 0.150 e. The van der Waals surface area contributed by atoms with Gasteiger partial charge in [0.2, 0.25) is 0 Å². The lowest BCUT2D eigenvalue weighted by Crippen LogP contribution is -1.77. The molecular formula is C8H5NOS. The summed E-state index contributed by atoms with van der Waals surface area (Å²) in [5.41, 5.74) is 1.59. The maximum absolute atomic E-state index is 10.3. The van der Waals surface area contributed by atoms with Crippen LogP contribution in [0, 0.1) is 0 Å². The van der Waals surface area contributed by atoms with Crippen molar-refractivity contribution in [3.05, 3.63) is 29.1 Å². The van der Waals surface area contributed by atoms with E-state index in [2.05, 4.69) is 4.37 Å². The van der Waals surface area contributed by atoms with E-state index < -0.39 is 0 Å². The van der Waals surface area contributed by atoms with E-state index in [0.717, 1.165) is 17.2 Å². The van der Waals surface area contributed by atoms with Gasteiger partial charge >= 0.3 is 0 Å². The van der Waals surface area contributed by atoms with Gasteiger partial charge in [0.1, 0.15) is 6.29 Å². The van der Waals surface area contributed by atoms with Crippen LogP contribution in [-0.2, 0) is 0 Å². The highest BCUT2D eigenvalue weighted by molar-refractivity contribution is 7.04. The molecule has 3 heteroatoms. The molecule has 1 aromatic heterocycles. The zero-order valence-corrected chi connectivity index (χ0v) is 6.47. The molecule has 0 atom stereocenters. The van der Waals surface area contributed by atoms with E-state index in [-0.39, 0.29) is 0 Å². The summed E-state index contributed by atoms with van der Waals surface area (Å²) < 4.78 is 4.11. The Hall–Kier alpha value is -1.22. The van der Waals surface area contributed by atoms with Gasteiger partial charge in [0.15, 0.2) is 0 Å². The Morgan fingerprint density at radius 3 is 3.18 bits per heavy atom. The summed E-state index contributed by atoms with van der Waals surface area (Å²) in [5.74, 6) is 0. The number of nitrogens with zero attached hydrogens (tertiary/aromatic N) is 1. The van der Waals surface area contributed by atoms with Gasteiger partial charge in [-0.2, -0.15) is 4.37 Å². The predicted octanol–water partition coefficient (Wildman–Crippen LogP) is 2.11. The minimum Gasteiger partial charge on any atom is -0.298 e. The lowest BCUT2D eigenvalue weighted by Gasteiger charge is -1.87. The van der Waals surface area contributed by atoms with Crippen LogP contribution < -0.4 is 0 Å². The van der Waals surface area contributed by atoms with Crippen molar-refractivity contribution in [2.45, 2.75) is 0 Å². The fourth-order valence-corrected chi connectivity index (χ4v) is 1.59. The molecule has 2 aromatic rings.